The van der Waals surface area contributed by atoms with Gasteiger partial charge in [0.05, 0.1) is 25.4 Å². The number of halogens is 2. The number of hydrogen-bond acceptors (Lipinski definition) is 3. The predicted octanol–water partition coefficient (Wildman–Crippen LogP) is 2.51. The van der Waals surface area contributed by atoms with Crippen LogP contribution in [0, 0.1) is 0 Å². The van der Waals surface area contributed by atoms with E-state index in [4.69, 9.17) is 4.74 Å². The van der Waals surface area contributed by atoms with Crippen molar-refractivity contribution in [3.63, 3.8) is 0 Å². The third-order valence-electron chi connectivity index (χ3n) is 4.83. The molecule has 2 unspecified atom stereocenters. The highest BCUT2D eigenvalue weighted by molar-refractivity contribution is 14.0. The number of fused-ring (bicyclic) bond motifs is 1. The average molecular weight is 476 g/mol. The number of morpholine rings is 1. The molecular formula is C19H30FIN4O. The first kappa shape index (κ1) is 21.4. The number of guanidine groups is 1. The molecule has 0 spiro atoms. The third kappa shape index (κ3) is 5.53. The smallest absolute Gasteiger partial charge is 0.194 e. The number of benzene rings is 1. The molecule has 2 aliphatic rings. The molecule has 0 bridgehead atoms. The summed E-state index contributed by atoms with van der Waals surface area (Å²) in [6.45, 7) is 7.52. The van der Waals surface area contributed by atoms with E-state index in [9.17, 15) is 4.39 Å². The monoisotopic (exact) mass is 476 g/mol. The van der Waals surface area contributed by atoms with Gasteiger partial charge in [-0.25, -0.2) is 0 Å². The minimum atomic E-state index is -0.317. The van der Waals surface area contributed by atoms with Crippen LogP contribution in [0.15, 0.2) is 35.3 Å². The molecule has 0 saturated carbocycles. The van der Waals surface area contributed by atoms with Crippen LogP contribution in [0.25, 0.3) is 0 Å². The summed E-state index contributed by atoms with van der Waals surface area (Å²) in [6, 6.07) is 11.0. The first-order valence-corrected chi connectivity index (χ1v) is 9.30. The van der Waals surface area contributed by atoms with Crippen LogP contribution in [0.1, 0.15) is 18.9 Å². The van der Waals surface area contributed by atoms with Crippen LogP contribution in [-0.4, -0.2) is 73.9 Å². The van der Waals surface area contributed by atoms with E-state index in [0.717, 1.165) is 45.3 Å². The second-order valence-corrected chi connectivity index (χ2v) is 6.62. The van der Waals surface area contributed by atoms with E-state index < -0.39 is 0 Å². The quantitative estimate of drug-likeness (QED) is 0.297. The van der Waals surface area contributed by atoms with Crippen LogP contribution in [0.2, 0.25) is 0 Å². The lowest BCUT2D eigenvalue weighted by atomic mass is 10.1. The molecule has 0 aromatic heterocycles. The molecule has 1 aromatic carbocycles. The number of aliphatic imine (C=N–C) groups is 1. The lowest BCUT2D eigenvalue weighted by Gasteiger charge is -2.36. The molecule has 0 radical (unpaired) electrons. The standard InChI is InChI=1S/C19H29FN4O.HI/c1-2-21-19(22-10-6-9-20)24-14-17-18(15-24)25-12-11-23(17)13-16-7-4-3-5-8-16;/h3-5,7-8,17-18H,2,6,9-15H2,1H3,(H,21,22);1H. The van der Waals surface area contributed by atoms with Crippen LogP contribution in [0.3, 0.4) is 0 Å². The molecule has 1 N–H and O–H groups in total. The fraction of sp³-hybridized carbons (Fsp3) is 0.632. The maximum atomic E-state index is 12.4. The summed E-state index contributed by atoms with van der Waals surface area (Å²) in [5, 5.41) is 3.34. The zero-order chi connectivity index (χ0) is 17.5. The molecule has 146 valence electrons. The normalized spacial score (nSPS) is 23.5. The van der Waals surface area contributed by atoms with Crippen molar-refractivity contribution in [2.24, 2.45) is 4.99 Å². The summed E-state index contributed by atoms with van der Waals surface area (Å²) < 4.78 is 18.4. The maximum absolute atomic E-state index is 12.4. The zero-order valence-corrected chi connectivity index (χ0v) is 17.8. The number of ether oxygens (including phenoxy) is 1. The van der Waals surface area contributed by atoms with Crippen molar-refractivity contribution in [3.8, 4) is 0 Å². The first-order chi connectivity index (χ1) is 12.3. The molecule has 0 amide bonds. The van der Waals surface area contributed by atoms with E-state index in [1.54, 1.807) is 0 Å². The van der Waals surface area contributed by atoms with Gasteiger partial charge in [0.15, 0.2) is 5.96 Å². The minimum absolute atomic E-state index is 0. The minimum Gasteiger partial charge on any atom is -0.373 e. The number of nitrogens with one attached hydrogen (secondary N) is 1. The maximum Gasteiger partial charge on any atom is 0.194 e. The van der Waals surface area contributed by atoms with Crippen molar-refractivity contribution in [1.82, 2.24) is 15.1 Å². The molecule has 0 aliphatic carbocycles. The number of rotatable bonds is 6. The SMILES string of the molecule is CCNC(=NCCCF)N1CC2OCCN(Cc3ccccc3)C2C1.I. The Bertz CT molecular complexity index is 560. The Labute approximate surface area is 173 Å². The Morgan fingerprint density at radius 3 is 2.85 bits per heavy atom. The van der Waals surface area contributed by atoms with Crippen molar-refractivity contribution in [1.29, 1.82) is 0 Å². The Kier molecular flexibility index (Phi) is 9.07. The van der Waals surface area contributed by atoms with E-state index in [2.05, 4.69) is 57.4 Å². The van der Waals surface area contributed by atoms with E-state index in [1.807, 2.05) is 0 Å². The van der Waals surface area contributed by atoms with Gasteiger partial charge in [-0.2, -0.15) is 0 Å². The first-order valence-electron chi connectivity index (χ1n) is 9.30. The summed E-state index contributed by atoms with van der Waals surface area (Å²) in [5.74, 6) is 0.883. The molecule has 2 heterocycles. The van der Waals surface area contributed by atoms with Gasteiger partial charge in [-0.15, -0.1) is 24.0 Å². The average Bonchev–Trinajstić information content (AvgIpc) is 3.07. The largest absolute Gasteiger partial charge is 0.373 e. The van der Waals surface area contributed by atoms with Gasteiger partial charge in [-0.1, -0.05) is 30.3 Å². The van der Waals surface area contributed by atoms with E-state index in [1.165, 1.54) is 5.56 Å². The second-order valence-electron chi connectivity index (χ2n) is 6.62. The molecule has 2 aliphatic heterocycles. The molecule has 1 aromatic rings. The van der Waals surface area contributed by atoms with Crippen molar-refractivity contribution in [3.05, 3.63) is 35.9 Å². The van der Waals surface area contributed by atoms with Crippen LogP contribution in [0.5, 0.6) is 0 Å². The summed E-state index contributed by atoms with van der Waals surface area (Å²) in [7, 11) is 0. The van der Waals surface area contributed by atoms with E-state index >= 15 is 0 Å². The van der Waals surface area contributed by atoms with Crippen molar-refractivity contribution in [2.45, 2.75) is 32.0 Å². The van der Waals surface area contributed by atoms with Gasteiger partial charge in [-0.05, 0) is 18.9 Å². The Morgan fingerprint density at radius 2 is 2.12 bits per heavy atom. The zero-order valence-electron chi connectivity index (χ0n) is 15.4. The summed E-state index contributed by atoms with van der Waals surface area (Å²) in [6.07, 6.45) is 0.689. The van der Waals surface area contributed by atoms with E-state index in [-0.39, 0.29) is 36.8 Å². The van der Waals surface area contributed by atoms with Gasteiger partial charge in [0.25, 0.3) is 0 Å². The molecule has 5 nitrogen and oxygen atoms in total. The highest BCUT2D eigenvalue weighted by Gasteiger charge is 2.41. The Morgan fingerprint density at radius 1 is 1.31 bits per heavy atom. The van der Waals surface area contributed by atoms with Crippen LogP contribution >= 0.6 is 24.0 Å². The topological polar surface area (TPSA) is 40.1 Å². The van der Waals surface area contributed by atoms with Gasteiger partial charge in [0.2, 0.25) is 0 Å². The van der Waals surface area contributed by atoms with Gasteiger partial charge >= 0.3 is 0 Å². The van der Waals surface area contributed by atoms with Crippen LogP contribution in [-0.2, 0) is 11.3 Å². The fourth-order valence-electron chi connectivity index (χ4n) is 3.62. The van der Waals surface area contributed by atoms with E-state index in [0.29, 0.717) is 19.0 Å². The summed E-state index contributed by atoms with van der Waals surface area (Å²) in [5.41, 5.74) is 1.34. The van der Waals surface area contributed by atoms with Crippen LogP contribution < -0.4 is 5.32 Å². The molecule has 2 fully saturated rings. The lowest BCUT2D eigenvalue weighted by Crippen LogP contribution is -2.50. The third-order valence-corrected chi connectivity index (χ3v) is 4.83. The number of hydrogen-bond donors (Lipinski definition) is 1. The van der Waals surface area contributed by atoms with Gasteiger partial charge in [-0.3, -0.25) is 14.3 Å². The van der Waals surface area contributed by atoms with Crippen LogP contribution in [0.4, 0.5) is 4.39 Å². The number of alkyl halides is 1. The van der Waals surface area contributed by atoms with Gasteiger partial charge in [0.1, 0.15) is 0 Å². The summed E-state index contributed by atoms with van der Waals surface area (Å²) >= 11 is 0. The molecule has 2 saturated heterocycles. The van der Waals surface area contributed by atoms with Crippen molar-refractivity contribution >= 4 is 29.9 Å². The van der Waals surface area contributed by atoms with Crippen molar-refractivity contribution in [2.75, 3.05) is 46.0 Å². The highest BCUT2D eigenvalue weighted by Crippen LogP contribution is 2.24. The Hall–Kier alpha value is -0.930. The van der Waals surface area contributed by atoms with Gasteiger partial charge in [0, 0.05) is 39.3 Å². The summed E-state index contributed by atoms with van der Waals surface area (Å²) in [4.78, 5) is 9.36. The fourth-order valence-corrected chi connectivity index (χ4v) is 3.62. The molecule has 2 atom stereocenters. The number of nitrogens with zero attached hydrogens (tertiary/aromatic N) is 3. The highest BCUT2D eigenvalue weighted by atomic mass is 127. The molecular weight excluding hydrogens is 446 g/mol. The second kappa shape index (κ2) is 11.0. The van der Waals surface area contributed by atoms with Crippen molar-refractivity contribution < 1.29 is 9.13 Å². The molecule has 26 heavy (non-hydrogen) atoms. The lowest BCUT2D eigenvalue weighted by molar-refractivity contribution is -0.0502. The Balaban J connectivity index is 0.00000243. The molecule has 3 rings (SSSR count). The van der Waals surface area contributed by atoms with Gasteiger partial charge < -0.3 is 15.0 Å². The molecule has 7 heteroatoms. The predicted molar refractivity (Wildman–Crippen MR) is 114 cm³/mol. The number of likely N-dealkylation sites (tertiary alicyclic amines) is 1.